The zero-order valence-electron chi connectivity index (χ0n) is 9.33. The standard InChI is InChI=1S/C12H17ClN2O/c1-7-2-11(14)10(13)5-12(7)15-6-8-3-9(16)4-8/h2,5,8-9,15-16H,3-4,6,14H2,1H3. The largest absolute Gasteiger partial charge is 0.398 e. The van der Waals surface area contributed by atoms with Gasteiger partial charge in [-0.1, -0.05) is 11.6 Å². The topological polar surface area (TPSA) is 58.3 Å². The Morgan fingerprint density at radius 1 is 1.50 bits per heavy atom. The molecule has 1 saturated carbocycles. The molecule has 4 heteroatoms. The lowest BCUT2D eigenvalue weighted by atomic mass is 9.82. The predicted octanol–water partition coefficient (Wildman–Crippen LogP) is 2.41. The fourth-order valence-electron chi connectivity index (χ4n) is 2.02. The Morgan fingerprint density at radius 2 is 2.19 bits per heavy atom. The van der Waals surface area contributed by atoms with Gasteiger partial charge >= 0.3 is 0 Å². The van der Waals surface area contributed by atoms with Crippen molar-refractivity contribution in [3.05, 3.63) is 22.7 Å². The van der Waals surface area contributed by atoms with Crippen molar-refractivity contribution in [3.8, 4) is 0 Å². The van der Waals surface area contributed by atoms with Crippen LogP contribution < -0.4 is 11.1 Å². The van der Waals surface area contributed by atoms with Crippen molar-refractivity contribution >= 4 is 23.0 Å². The highest BCUT2D eigenvalue weighted by Crippen LogP contribution is 2.30. The Balaban J connectivity index is 1.96. The van der Waals surface area contributed by atoms with Gasteiger partial charge in [-0.15, -0.1) is 0 Å². The third-order valence-corrected chi connectivity index (χ3v) is 3.46. The van der Waals surface area contributed by atoms with E-state index >= 15 is 0 Å². The van der Waals surface area contributed by atoms with Gasteiger partial charge in [0.2, 0.25) is 0 Å². The molecule has 4 N–H and O–H groups in total. The summed E-state index contributed by atoms with van der Waals surface area (Å²) >= 11 is 5.97. The van der Waals surface area contributed by atoms with Crippen molar-refractivity contribution in [2.24, 2.45) is 5.92 Å². The number of hydrogen-bond acceptors (Lipinski definition) is 3. The zero-order chi connectivity index (χ0) is 11.7. The smallest absolute Gasteiger partial charge is 0.0656 e. The molecule has 1 aliphatic carbocycles. The van der Waals surface area contributed by atoms with Gasteiger partial charge in [-0.2, -0.15) is 0 Å². The highest BCUT2D eigenvalue weighted by molar-refractivity contribution is 6.33. The lowest BCUT2D eigenvalue weighted by Crippen LogP contribution is -2.33. The molecule has 1 aromatic rings. The van der Waals surface area contributed by atoms with Gasteiger partial charge in [0.25, 0.3) is 0 Å². The maximum absolute atomic E-state index is 9.19. The number of nitrogens with one attached hydrogen (secondary N) is 1. The van der Waals surface area contributed by atoms with Crippen molar-refractivity contribution in [2.45, 2.75) is 25.9 Å². The third-order valence-electron chi connectivity index (χ3n) is 3.14. The van der Waals surface area contributed by atoms with Crippen molar-refractivity contribution in [2.75, 3.05) is 17.6 Å². The van der Waals surface area contributed by atoms with Gasteiger partial charge < -0.3 is 16.2 Å². The van der Waals surface area contributed by atoms with Crippen LogP contribution in [-0.2, 0) is 0 Å². The molecule has 0 heterocycles. The minimum absolute atomic E-state index is 0.0945. The maximum Gasteiger partial charge on any atom is 0.0656 e. The molecular formula is C12H17ClN2O. The van der Waals surface area contributed by atoms with Crippen molar-refractivity contribution in [1.29, 1.82) is 0 Å². The Morgan fingerprint density at radius 3 is 2.81 bits per heavy atom. The second-order valence-electron chi connectivity index (χ2n) is 4.56. The van der Waals surface area contributed by atoms with Gasteiger partial charge in [0.05, 0.1) is 16.8 Å². The lowest BCUT2D eigenvalue weighted by molar-refractivity contribution is 0.0487. The van der Waals surface area contributed by atoms with Crippen LogP contribution in [0, 0.1) is 12.8 Å². The van der Waals surface area contributed by atoms with Crippen LogP contribution >= 0.6 is 11.6 Å². The summed E-state index contributed by atoms with van der Waals surface area (Å²) in [6.07, 6.45) is 1.70. The summed E-state index contributed by atoms with van der Waals surface area (Å²) in [5, 5.41) is 13.1. The molecule has 88 valence electrons. The molecule has 1 aromatic carbocycles. The van der Waals surface area contributed by atoms with Crippen LogP contribution in [0.5, 0.6) is 0 Å². The SMILES string of the molecule is Cc1cc(N)c(Cl)cc1NCC1CC(O)C1. The summed E-state index contributed by atoms with van der Waals surface area (Å²) in [6, 6.07) is 3.74. The Labute approximate surface area is 101 Å². The van der Waals surface area contributed by atoms with Crippen LogP contribution in [0.1, 0.15) is 18.4 Å². The number of aliphatic hydroxyl groups is 1. The van der Waals surface area contributed by atoms with Crippen LogP contribution in [0.15, 0.2) is 12.1 Å². The summed E-state index contributed by atoms with van der Waals surface area (Å²) in [4.78, 5) is 0. The average Bonchev–Trinajstić information content (AvgIpc) is 2.18. The maximum atomic E-state index is 9.19. The highest BCUT2D eigenvalue weighted by atomic mass is 35.5. The Hall–Kier alpha value is -0.930. The van der Waals surface area contributed by atoms with E-state index < -0.39 is 0 Å². The molecule has 0 atom stereocenters. The van der Waals surface area contributed by atoms with E-state index in [9.17, 15) is 5.11 Å². The van der Waals surface area contributed by atoms with E-state index in [0.29, 0.717) is 16.6 Å². The van der Waals surface area contributed by atoms with Gasteiger partial charge in [-0.05, 0) is 43.4 Å². The minimum atomic E-state index is -0.0945. The van der Waals surface area contributed by atoms with Crippen molar-refractivity contribution in [1.82, 2.24) is 0 Å². The number of rotatable bonds is 3. The molecule has 16 heavy (non-hydrogen) atoms. The molecule has 0 spiro atoms. The molecule has 0 unspecified atom stereocenters. The fraction of sp³-hybridized carbons (Fsp3) is 0.500. The first-order chi connectivity index (χ1) is 7.56. The van der Waals surface area contributed by atoms with Gasteiger partial charge in [0, 0.05) is 12.2 Å². The van der Waals surface area contributed by atoms with Crippen LogP contribution in [0.2, 0.25) is 5.02 Å². The number of aryl methyl sites for hydroxylation is 1. The predicted molar refractivity (Wildman–Crippen MR) is 67.8 cm³/mol. The van der Waals surface area contributed by atoms with Crippen LogP contribution in [0.3, 0.4) is 0 Å². The molecule has 0 saturated heterocycles. The summed E-state index contributed by atoms with van der Waals surface area (Å²) in [5.74, 6) is 0.575. The number of benzene rings is 1. The first-order valence-electron chi connectivity index (χ1n) is 5.54. The summed E-state index contributed by atoms with van der Waals surface area (Å²) in [7, 11) is 0. The minimum Gasteiger partial charge on any atom is -0.398 e. The number of nitrogen functional groups attached to an aromatic ring is 1. The molecule has 0 aromatic heterocycles. The molecule has 2 rings (SSSR count). The van der Waals surface area contributed by atoms with E-state index in [1.807, 2.05) is 19.1 Å². The molecule has 3 nitrogen and oxygen atoms in total. The van der Waals surface area contributed by atoms with E-state index in [1.54, 1.807) is 0 Å². The summed E-state index contributed by atoms with van der Waals surface area (Å²) in [5.41, 5.74) is 8.45. The average molecular weight is 241 g/mol. The molecule has 0 amide bonds. The lowest BCUT2D eigenvalue weighted by Gasteiger charge is -2.31. The second-order valence-corrected chi connectivity index (χ2v) is 4.97. The number of aliphatic hydroxyl groups excluding tert-OH is 1. The molecular weight excluding hydrogens is 224 g/mol. The molecule has 0 bridgehead atoms. The second kappa shape index (κ2) is 4.52. The van der Waals surface area contributed by atoms with E-state index in [0.717, 1.165) is 30.6 Å². The number of anilines is 2. The number of nitrogens with two attached hydrogens (primary N) is 1. The van der Waals surface area contributed by atoms with Crippen molar-refractivity contribution in [3.63, 3.8) is 0 Å². The highest BCUT2D eigenvalue weighted by Gasteiger charge is 2.26. The van der Waals surface area contributed by atoms with Gasteiger partial charge in [-0.3, -0.25) is 0 Å². The first-order valence-corrected chi connectivity index (χ1v) is 5.91. The normalized spacial score (nSPS) is 23.9. The van der Waals surface area contributed by atoms with Crippen LogP contribution in [0.4, 0.5) is 11.4 Å². The van der Waals surface area contributed by atoms with Gasteiger partial charge in [0.1, 0.15) is 0 Å². The van der Waals surface area contributed by atoms with Crippen LogP contribution in [0.25, 0.3) is 0 Å². The molecule has 0 radical (unpaired) electrons. The van der Waals surface area contributed by atoms with E-state index in [2.05, 4.69) is 5.32 Å². The van der Waals surface area contributed by atoms with Crippen molar-refractivity contribution < 1.29 is 5.11 Å². The summed E-state index contributed by atoms with van der Waals surface area (Å²) in [6.45, 7) is 2.89. The molecule has 0 aliphatic heterocycles. The third kappa shape index (κ3) is 2.42. The Bertz CT molecular complexity index is 389. The zero-order valence-corrected chi connectivity index (χ0v) is 10.1. The number of halogens is 1. The quantitative estimate of drug-likeness (QED) is 0.712. The van der Waals surface area contributed by atoms with Gasteiger partial charge in [0.15, 0.2) is 0 Å². The number of hydrogen-bond donors (Lipinski definition) is 3. The fourth-order valence-corrected chi connectivity index (χ4v) is 2.18. The molecule has 1 aliphatic rings. The first kappa shape index (κ1) is 11.6. The van der Waals surface area contributed by atoms with Gasteiger partial charge in [-0.25, -0.2) is 0 Å². The summed E-state index contributed by atoms with van der Waals surface area (Å²) < 4.78 is 0. The monoisotopic (exact) mass is 240 g/mol. The Kier molecular flexibility index (Phi) is 3.26. The van der Waals surface area contributed by atoms with E-state index in [-0.39, 0.29) is 6.10 Å². The van der Waals surface area contributed by atoms with E-state index in [1.165, 1.54) is 0 Å². The van der Waals surface area contributed by atoms with Crippen LogP contribution in [-0.4, -0.2) is 17.8 Å². The molecule has 1 fully saturated rings. The van der Waals surface area contributed by atoms with E-state index in [4.69, 9.17) is 17.3 Å².